The molecular formula is C10H12N4O3. The fraction of sp³-hybridized carbons (Fsp3) is 0.400. The van der Waals surface area contributed by atoms with Crippen LogP contribution in [0.25, 0.3) is 0 Å². The van der Waals surface area contributed by atoms with Gasteiger partial charge < -0.3 is 10.4 Å². The zero-order chi connectivity index (χ0) is 12.8. The van der Waals surface area contributed by atoms with E-state index in [0.717, 1.165) is 6.07 Å². The molecule has 0 aliphatic rings. The molecule has 1 heterocycles. The number of pyridine rings is 1. The highest BCUT2D eigenvalue weighted by Crippen LogP contribution is 2.22. The van der Waals surface area contributed by atoms with Crippen molar-refractivity contribution in [1.29, 1.82) is 5.26 Å². The molecule has 1 atom stereocenters. The number of hydrogen-bond donors (Lipinski definition) is 2. The Morgan fingerprint density at radius 1 is 1.76 bits per heavy atom. The lowest BCUT2D eigenvalue weighted by molar-refractivity contribution is -0.384. The van der Waals surface area contributed by atoms with Crippen LogP contribution in [0.2, 0.25) is 0 Å². The first-order valence-corrected chi connectivity index (χ1v) is 5.05. The molecule has 0 spiro atoms. The average molecular weight is 236 g/mol. The number of nitrogens with one attached hydrogen (secondary N) is 1. The maximum atomic E-state index is 10.8. The summed E-state index contributed by atoms with van der Waals surface area (Å²) < 4.78 is 0. The van der Waals surface area contributed by atoms with Gasteiger partial charge in [0.1, 0.15) is 6.07 Å². The van der Waals surface area contributed by atoms with Gasteiger partial charge in [0.25, 0.3) is 0 Å². The van der Waals surface area contributed by atoms with Crippen molar-refractivity contribution in [2.45, 2.75) is 19.4 Å². The van der Waals surface area contributed by atoms with Gasteiger partial charge in [-0.2, -0.15) is 5.26 Å². The van der Waals surface area contributed by atoms with E-state index in [1.54, 1.807) is 13.0 Å². The Bertz CT molecular complexity index is 455. The van der Waals surface area contributed by atoms with E-state index in [-0.39, 0.29) is 23.6 Å². The molecule has 0 fully saturated rings. The van der Waals surface area contributed by atoms with E-state index in [1.165, 1.54) is 6.20 Å². The summed E-state index contributed by atoms with van der Waals surface area (Å²) in [4.78, 5) is 13.9. The molecule has 2 N–H and O–H groups in total. The van der Waals surface area contributed by atoms with Crippen molar-refractivity contribution < 1.29 is 10.0 Å². The summed E-state index contributed by atoms with van der Waals surface area (Å²) in [5.41, 5.74) is -0.148. The number of hydrogen-bond acceptors (Lipinski definition) is 6. The summed E-state index contributed by atoms with van der Waals surface area (Å²) in [6.45, 7) is 1.98. The summed E-state index contributed by atoms with van der Waals surface area (Å²) in [6, 6.07) is 2.93. The Labute approximate surface area is 97.9 Å². The lowest BCUT2D eigenvalue weighted by Crippen LogP contribution is -2.19. The van der Waals surface area contributed by atoms with Crippen LogP contribution < -0.4 is 5.32 Å². The summed E-state index contributed by atoms with van der Waals surface area (Å²) in [5, 5.41) is 31.4. The van der Waals surface area contributed by atoms with Gasteiger partial charge in [0, 0.05) is 18.8 Å². The molecule has 1 aromatic rings. The quantitative estimate of drug-likeness (QED) is 0.583. The molecule has 0 saturated heterocycles. The van der Waals surface area contributed by atoms with E-state index >= 15 is 0 Å². The number of aliphatic hydroxyl groups is 1. The summed E-state index contributed by atoms with van der Waals surface area (Å²) in [6.07, 6.45) is 1.19. The molecule has 7 heteroatoms. The van der Waals surface area contributed by atoms with Crippen LogP contribution in [-0.2, 0) is 0 Å². The smallest absolute Gasteiger partial charge is 0.312 e. The SMILES string of the molecule is CCC(O)CNc1ncc(C#N)cc1[N+](=O)[O-]. The third-order valence-electron chi connectivity index (χ3n) is 2.17. The molecule has 0 saturated carbocycles. The zero-order valence-corrected chi connectivity index (χ0v) is 9.25. The second-order valence-electron chi connectivity index (χ2n) is 3.40. The Morgan fingerprint density at radius 3 is 3.00 bits per heavy atom. The highest BCUT2D eigenvalue weighted by atomic mass is 16.6. The molecule has 0 bridgehead atoms. The molecule has 0 aliphatic heterocycles. The van der Waals surface area contributed by atoms with Crippen molar-refractivity contribution >= 4 is 11.5 Å². The van der Waals surface area contributed by atoms with Crippen molar-refractivity contribution in [3.05, 3.63) is 27.9 Å². The van der Waals surface area contributed by atoms with E-state index in [4.69, 9.17) is 5.26 Å². The van der Waals surface area contributed by atoms with Crippen LogP contribution >= 0.6 is 0 Å². The van der Waals surface area contributed by atoms with E-state index in [1.807, 2.05) is 0 Å². The number of aromatic nitrogens is 1. The number of aliphatic hydroxyl groups excluding tert-OH is 1. The van der Waals surface area contributed by atoms with Crippen LogP contribution in [0.15, 0.2) is 12.3 Å². The molecular weight excluding hydrogens is 224 g/mol. The van der Waals surface area contributed by atoms with Crippen LogP contribution in [0.3, 0.4) is 0 Å². The normalized spacial score (nSPS) is 11.6. The highest BCUT2D eigenvalue weighted by Gasteiger charge is 2.16. The number of nitriles is 1. The molecule has 0 radical (unpaired) electrons. The minimum Gasteiger partial charge on any atom is -0.391 e. The molecule has 1 unspecified atom stereocenters. The second-order valence-corrected chi connectivity index (χ2v) is 3.40. The van der Waals surface area contributed by atoms with Gasteiger partial charge in [0.15, 0.2) is 0 Å². The first-order valence-electron chi connectivity index (χ1n) is 5.05. The minimum atomic E-state index is -0.617. The first-order chi connectivity index (χ1) is 8.08. The van der Waals surface area contributed by atoms with Gasteiger partial charge in [-0.1, -0.05) is 6.92 Å². The monoisotopic (exact) mass is 236 g/mol. The van der Waals surface area contributed by atoms with Gasteiger partial charge in [0.2, 0.25) is 5.82 Å². The lowest BCUT2D eigenvalue weighted by atomic mass is 10.2. The molecule has 90 valence electrons. The van der Waals surface area contributed by atoms with Crippen LogP contribution in [0.1, 0.15) is 18.9 Å². The van der Waals surface area contributed by atoms with Crippen LogP contribution in [0, 0.1) is 21.4 Å². The van der Waals surface area contributed by atoms with Gasteiger partial charge in [-0.25, -0.2) is 4.98 Å². The standard InChI is InChI=1S/C10H12N4O3/c1-2-8(15)6-13-10-9(14(16)17)3-7(4-11)5-12-10/h3,5,8,15H,2,6H2,1H3,(H,12,13). The van der Waals surface area contributed by atoms with Crippen molar-refractivity contribution in [3.63, 3.8) is 0 Å². The summed E-state index contributed by atoms with van der Waals surface area (Å²) >= 11 is 0. The first kappa shape index (κ1) is 12.9. The Balaban J connectivity index is 2.92. The Kier molecular flexibility index (Phi) is 4.37. The largest absolute Gasteiger partial charge is 0.391 e. The zero-order valence-electron chi connectivity index (χ0n) is 9.25. The third-order valence-corrected chi connectivity index (χ3v) is 2.17. The van der Waals surface area contributed by atoms with E-state index in [2.05, 4.69) is 10.3 Å². The predicted octanol–water partition coefficient (Wildman–Crippen LogP) is 1.04. The van der Waals surface area contributed by atoms with Gasteiger partial charge in [-0.15, -0.1) is 0 Å². The molecule has 1 rings (SSSR count). The van der Waals surface area contributed by atoms with E-state index in [9.17, 15) is 15.2 Å². The fourth-order valence-corrected chi connectivity index (χ4v) is 1.15. The van der Waals surface area contributed by atoms with Crippen molar-refractivity contribution in [2.75, 3.05) is 11.9 Å². The Hall–Kier alpha value is -2.20. The van der Waals surface area contributed by atoms with Crippen LogP contribution in [0.4, 0.5) is 11.5 Å². The van der Waals surface area contributed by atoms with Crippen LogP contribution in [0.5, 0.6) is 0 Å². The Morgan fingerprint density at radius 2 is 2.47 bits per heavy atom. The van der Waals surface area contributed by atoms with Crippen molar-refractivity contribution in [3.8, 4) is 6.07 Å². The minimum absolute atomic E-state index is 0.0569. The molecule has 7 nitrogen and oxygen atoms in total. The molecule has 0 aromatic carbocycles. The predicted molar refractivity (Wildman–Crippen MR) is 60.4 cm³/mol. The van der Waals surface area contributed by atoms with Gasteiger partial charge in [-0.05, 0) is 6.42 Å². The molecule has 17 heavy (non-hydrogen) atoms. The highest BCUT2D eigenvalue weighted by molar-refractivity contribution is 5.58. The number of rotatable bonds is 5. The molecule has 0 amide bonds. The number of anilines is 1. The number of nitrogens with zero attached hydrogens (tertiary/aromatic N) is 3. The van der Waals surface area contributed by atoms with Gasteiger partial charge >= 0.3 is 5.69 Å². The second kappa shape index (κ2) is 5.77. The molecule has 0 aliphatic carbocycles. The van der Waals surface area contributed by atoms with Gasteiger partial charge in [-0.3, -0.25) is 10.1 Å². The third kappa shape index (κ3) is 3.39. The average Bonchev–Trinajstić information content (AvgIpc) is 2.35. The van der Waals surface area contributed by atoms with Crippen molar-refractivity contribution in [1.82, 2.24) is 4.98 Å². The topological polar surface area (TPSA) is 112 Å². The fourth-order valence-electron chi connectivity index (χ4n) is 1.15. The maximum Gasteiger partial charge on any atom is 0.312 e. The van der Waals surface area contributed by atoms with E-state index < -0.39 is 11.0 Å². The molecule has 1 aromatic heterocycles. The summed E-state index contributed by atoms with van der Waals surface area (Å²) in [5.74, 6) is 0.0569. The van der Waals surface area contributed by atoms with Gasteiger partial charge in [0.05, 0.1) is 16.6 Å². The number of nitro groups is 1. The summed E-state index contributed by atoms with van der Waals surface area (Å²) in [7, 11) is 0. The van der Waals surface area contributed by atoms with Crippen molar-refractivity contribution in [2.24, 2.45) is 0 Å². The lowest BCUT2D eigenvalue weighted by Gasteiger charge is -2.09. The van der Waals surface area contributed by atoms with Crippen LogP contribution in [-0.4, -0.2) is 27.7 Å². The van der Waals surface area contributed by atoms with E-state index in [0.29, 0.717) is 6.42 Å². The maximum absolute atomic E-state index is 10.8.